The normalized spacial score (nSPS) is 16.6. The van der Waals surface area contributed by atoms with Crippen molar-refractivity contribution in [1.82, 2.24) is 14.5 Å². The van der Waals surface area contributed by atoms with E-state index in [9.17, 15) is 14.4 Å². The topological polar surface area (TPSA) is 81.5 Å². The number of rotatable bonds is 5. The van der Waals surface area contributed by atoms with Gasteiger partial charge in [0.15, 0.2) is 0 Å². The molecule has 1 fully saturated rings. The lowest BCUT2D eigenvalue weighted by atomic mass is 10.2. The molecule has 0 bridgehead atoms. The van der Waals surface area contributed by atoms with Crippen molar-refractivity contribution >= 4 is 35.0 Å². The van der Waals surface area contributed by atoms with E-state index in [0.29, 0.717) is 0 Å². The molecule has 3 rings (SSSR count). The molecule has 29 heavy (non-hydrogen) atoms. The van der Waals surface area contributed by atoms with E-state index in [2.05, 4.69) is 4.98 Å². The summed E-state index contributed by atoms with van der Waals surface area (Å²) in [6.07, 6.45) is 3.49. The fourth-order valence-electron chi connectivity index (χ4n) is 3.20. The van der Waals surface area contributed by atoms with Crippen LogP contribution in [0.5, 0.6) is 0 Å². The fourth-order valence-corrected chi connectivity index (χ4v) is 4.10. The molecule has 3 heterocycles. The Morgan fingerprint density at radius 1 is 1.28 bits per heavy atom. The number of hydrogen-bond acceptors (Lipinski definition) is 6. The van der Waals surface area contributed by atoms with Crippen LogP contribution in [0.2, 0.25) is 0 Å². The molecule has 1 aliphatic rings. The van der Waals surface area contributed by atoms with Crippen LogP contribution in [0.1, 0.15) is 36.4 Å². The van der Waals surface area contributed by atoms with Crippen LogP contribution in [0.3, 0.4) is 0 Å². The van der Waals surface area contributed by atoms with Crippen molar-refractivity contribution in [3.8, 4) is 5.82 Å². The monoisotopic (exact) mass is 413 g/mol. The minimum Gasteiger partial charge on any atom is -0.464 e. The minimum absolute atomic E-state index is 0.189. The third-order valence-electron chi connectivity index (χ3n) is 4.72. The summed E-state index contributed by atoms with van der Waals surface area (Å²) < 4.78 is 6.93. The molecule has 1 saturated heterocycles. The van der Waals surface area contributed by atoms with Gasteiger partial charge in [-0.05, 0) is 75.7 Å². The number of esters is 1. The summed E-state index contributed by atoms with van der Waals surface area (Å²) in [5.41, 5.74) is 3.76. The first-order valence-electron chi connectivity index (χ1n) is 9.30. The molecule has 0 saturated carbocycles. The Balaban J connectivity index is 1.92. The maximum absolute atomic E-state index is 12.8. The summed E-state index contributed by atoms with van der Waals surface area (Å²) in [6.45, 7) is 9.23. The Labute approximate surface area is 173 Å². The SMILES string of the molecule is CCOC(=O)[C@H](C)N1C(=O)S/C(=C/c2cc(C)n(-c3ccc(C)cn3)c2C)C1=O. The molecule has 8 heteroatoms. The predicted molar refractivity (Wildman–Crippen MR) is 112 cm³/mol. The van der Waals surface area contributed by atoms with Crippen LogP contribution in [-0.2, 0) is 14.3 Å². The van der Waals surface area contributed by atoms with Crippen molar-refractivity contribution in [2.24, 2.45) is 0 Å². The highest BCUT2D eigenvalue weighted by Crippen LogP contribution is 2.35. The van der Waals surface area contributed by atoms with E-state index in [1.165, 1.54) is 6.92 Å². The van der Waals surface area contributed by atoms with Crippen molar-refractivity contribution in [2.45, 2.75) is 40.7 Å². The van der Waals surface area contributed by atoms with Gasteiger partial charge in [-0.15, -0.1) is 0 Å². The molecule has 2 amide bonds. The average molecular weight is 413 g/mol. The maximum atomic E-state index is 12.8. The van der Waals surface area contributed by atoms with Crippen molar-refractivity contribution in [1.29, 1.82) is 0 Å². The molecule has 2 aromatic heterocycles. The fraction of sp³-hybridized carbons (Fsp3) is 0.333. The van der Waals surface area contributed by atoms with Crippen molar-refractivity contribution in [2.75, 3.05) is 6.61 Å². The number of hydrogen-bond donors (Lipinski definition) is 0. The van der Waals surface area contributed by atoms with Crippen molar-refractivity contribution < 1.29 is 19.1 Å². The summed E-state index contributed by atoms with van der Waals surface area (Å²) >= 11 is 0.828. The summed E-state index contributed by atoms with van der Waals surface area (Å²) in [6, 6.07) is 4.91. The Bertz CT molecular complexity index is 1010. The standard InChI is InChI=1S/C21H23N3O4S/c1-6-28-20(26)15(5)24-19(25)17(29-21(24)27)10-16-9-13(3)23(14(16)4)18-8-7-12(2)11-22-18/h7-11,15H,6H2,1-5H3/b17-10+/t15-/m0/s1. The number of carbonyl (C=O) groups excluding carboxylic acids is 3. The van der Waals surface area contributed by atoms with Gasteiger partial charge in [0.05, 0.1) is 11.5 Å². The second-order valence-corrected chi connectivity index (χ2v) is 7.83. The Morgan fingerprint density at radius 3 is 2.62 bits per heavy atom. The zero-order chi connectivity index (χ0) is 21.3. The van der Waals surface area contributed by atoms with Gasteiger partial charge < -0.3 is 9.30 Å². The molecule has 7 nitrogen and oxygen atoms in total. The number of imide groups is 1. The molecular formula is C21H23N3O4S. The molecule has 152 valence electrons. The Morgan fingerprint density at radius 2 is 2.00 bits per heavy atom. The predicted octanol–water partition coefficient (Wildman–Crippen LogP) is 3.79. The number of amides is 2. The third kappa shape index (κ3) is 3.98. The third-order valence-corrected chi connectivity index (χ3v) is 5.60. The van der Waals surface area contributed by atoms with E-state index >= 15 is 0 Å². The number of pyridine rings is 1. The van der Waals surface area contributed by atoms with Gasteiger partial charge in [0.25, 0.3) is 11.1 Å². The van der Waals surface area contributed by atoms with E-state index in [4.69, 9.17) is 4.74 Å². The number of carbonyl (C=O) groups is 3. The quantitative estimate of drug-likeness (QED) is 0.548. The molecule has 1 atom stereocenters. The molecule has 0 aliphatic carbocycles. The van der Waals surface area contributed by atoms with E-state index < -0.39 is 23.2 Å². The number of thioether (sulfide) groups is 1. The Kier molecular flexibility index (Phi) is 5.93. The highest BCUT2D eigenvalue weighted by molar-refractivity contribution is 8.18. The van der Waals surface area contributed by atoms with Gasteiger partial charge in [0.1, 0.15) is 11.9 Å². The highest BCUT2D eigenvalue weighted by Gasteiger charge is 2.41. The van der Waals surface area contributed by atoms with Crippen LogP contribution in [0, 0.1) is 20.8 Å². The first kappa shape index (κ1) is 20.9. The summed E-state index contributed by atoms with van der Waals surface area (Å²) in [7, 11) is 0. The number of ether oxygens (including phenoxy) is 1. The van der Waals surface area contributed by atoms with E-state index in [-0.39, 0.29) is 11.5 Å². The second-order valence-electron chi connectivity index (χ2n) is 6.84. The average Bonchev–Trinajstić information content (AvgIpc) is 3.11. The Hall–Kier alpha value is -2.87. The number of nitrogens with zero attached hydrogens (tertiary/aromatic N) is 3. The van der Waals surface area contributed by atoms with Gasteiger partial charge in [-0.2, -0.15) is 0 Å². The van der Waals surface area contributed by atoms with Crippen molar-refractivity contribution in [3.63, 3.8) is 0 Å². The van der Waals surface area contributed by atoms with Crippen molar-refractivity contribution in [3.05, 3.63) is 51.8 Å². The molecule has 1 aliphatic heterocycles. The summed E-state index contributed by atoms with van der Waals surface area (Å²) in [5, 5.41) is -0.476. The minimum atomic E-state index is -0.961. The van der Waals surface area contributed by atoms with Gasteiger partial charge >= 0.3 is 5.97 Å². The zero-order valence-electron chi connectivity index (χ0n) is 17.1. The summed E-state index contributed by atoms with van der Waals surface area (Å²) in [4.78, 5) is 42.8. The molecule has 0 radical (unpaired) electrons. The van der Waals surface area contributed by atoms with Crippen LogP contribution < -0.4 is 0 Å². The van der Waals surface area contributed by atoms with Gasteiger partial charge in [-0.3, -0.25) is 14.5 Å². The smallest absolute Gasteiger partial charge is 0.329 e. The maximum Gasteiger partial charge on any atom is 0.329 e. The molecule has 0 aromatic carbocycles. The largest absolute Gasteiger partial charge is 0.464 e. The lowest BCUT2D eigenvalue weighted by Crippen LogP contribution is -2.42. The molecule has 0 unspecified atom stereocenters. The van der Waals surface area contributed by atoms with Crippen LogP contribution in [0.4, 0.5) is 4.79 Å². The van der Waals surface area contributed by atoms with E-state index in [1.807, 2.05) is 43.5 Å². The van der Waals surface area contributed by atoms with Crippen LogP contribution >= 0.6 is 11.8 Å². The first-order valence-corrected chi connectivity index (χ1v) is 10.1. The van der Waals surface area contributed by atoms with Crippen LogP contribution in [0.15, 0.2) is 29.3 Å². The van der Waals surface area contributed by atoms with Crippen LogP contribution in [-0.4, -0.2) is 44.2 Å². The van der Waals surface area contributed by atoms with Gasteiger partial charge in [0, 0.05) is 17.6 Å². The second kappa shape index (κ2) is 8.24. The van der Waals surface area contributed by atoms with Gasteiger partial charge in [0.2, 0.25) is 0 Å². The molecule has 0 spiro atoms. The molecular weight excluding hydrogens is 390 g/mol. The molecule has 0 N–H and O–H groups in total. The number of aromatic nitrogens is 2. The number of aryl methyl sites for hydroxylation is 2. The first-order chi connectivity index (χ1) is 13.7. The summed E-state index contributed by atoms with van der Waals surface area (Å²) in [5.74, 6) is -0.298. The lowest BCUT2D eigenvalue weighted by Gasteiger charge is -2.19. The van der Waals surface area contributed by atoms with Gasteiger partial charge in [-0.1, -0.05) is 6.07 Å². The lowest BCUT2D eigenvalue weighted by molar-refractivity contribution is -0.150. The van der Waals surface area contributed by atoms with Gasteiger partial charge in [-0.25, -0.2) is 9.78 Å². The van der Waals surface area contributed by atoms with E-state index in [1.54, 1.807) is 19.2 Å². The molecule has 2 aromatic rings. The highest BCUT2D eigenvalue weighted by atomic mass is 32.2. The van der Waals surface area contributed by atoms with Crippen LogP contribution in [0.25, 0.3) is 11.9 Å². The van der Waals surface area contributed by atoms with E-state index in [0.717, 1.165) is 45.0 Å². The zero-order valence-corrected chi connectivity index (χ0v) is 17.9.